The summed E-state index contributed by atoms with van der Waals surface area (Å²) >= 11 is 0. The number of para-hydroxylation sites is 2. The molecule has 224 valence electrons. The molecule has 42 heavy (non-hydrogen) atoms. The third-order valence-corrected chi connectivity index (χ3v) is 6.62. The van der Waals surface area contributed by atoms with E-state index in [1.54, 1.807) is 13.1 Å². The molecule has 0 heterocycles. The zero-order valence-corrected chi connectivity index (χ0v) is 26.3. The smallest absolute Gasteiger partial charge is 0.101 e. The van der Waals surface area contributed by atoms with Gasteiger partial charge in [-0.2, -0.15) is 5.26 Å². The summed E-state index contributed by atoms with van der Waals surface area (Å²) in [6.07, 6.45) is 8.28. The topological polar surface area (TPSA) is 114 Å². The lowest BCUT2D eigenvalue weighted by Crippen LogP contribution is -1.96. The van der Waals surface area contributed by atoms with Crippen LogP contribution in [0.2, 0.25) is 0 Å². The Balaban J connectivity index is 0.000000289. The summed E-state index contributed by atoms with van der Waals surface area (Å²) in [4.78, 5) is 0. The Morgan fingerprint density at radius 3 is 1.86 bits per heavy atom. The number of unbranched alkanes of at least 4 members (excludes halogenated alkanes) is 2. The number of aryl methyl sites for hydroxylation is 4. The second-order valence-electron chi connectivity index (χ2n) is 10.1. The molecule has 0 amide bonds. The summed E-state index contributed by atoms with van der Waals surface area (Å²) in [5.41, 5.74) is 26.6. The van der Waals surface area contributed by atoms with Crippen LogP contribution in [-0.2, 0) is 19.3 Å². The van der Waals surface area contributed by atoms with Crippen LogP contribution in [0, 0.1) is 18.3 Å². The molecule has 0 aliphatic rings. The van der Waals surface area contributed by atoms with Crippen LogP contribution in [0.15, 0.2) is 91.0 Å². The Morgan fingerprint density at radius 1 is 0.690 bits per heavy atom. The van der Waals surface area contributed by atoms with Crippen molar-refractivity contribution in [3.8, 4) is 6.07 Å². The highest BCUT2D eigenvalue weighted by atomic mass is 14.8. The van der Waals surface area contributed by atoms with Crippen molar-refractivity contribution in [2.75, 3.05) is 29.6 Å². The van der Waals surface area contributed by atoms with Gasteiger partial charge in [-0.05, 0) is 97.7 Å². The number of nitrogens with zero attached hydrogens (tertiary/aromatic N) is 1. The molecule has 0 spiro atoms. The minimum atomic E-state index is 0.685. The van der Waals surface area contributed by atoms with Gasteiger partial charge in [0.25, 0.3) is 0 Å². The van der Waals surface area contributed by atoms with Crippen LogP contribution in [-0.4, -0.2) is 7.05 Å². The molecule has 0 aromatic heterocycles. The number of benzene rings is 4. The van der Waals surface area contributed by atoms with Crippen LogP contribution >= 0.6 is 0 Å². The Labute approximate surface area is 254 Å². The summed E-state index contributed by atoms with van der Waals surface area (Å²) in [7, 11) is 1.80. The van der Waals surface area contributed by atoms with E-state index in [-0.39, 0.29) is 0 Å². The van der Waals surface area contributed by atoms with E-state index in [1.165, 1.54) is 47.9 Å². The lowest BCUT2D eigenvalue weighted by molar-refractivity contribution is 0.787. The highest BCUT2D eigenvalue weighted by Gasteiger charge is 2.00. The van der Waals surface area contributed by atoms with Crippen molar-refractivity contribution < 1.29 is 0 Å². The number of nitrogens with two attached hydrogens (primary N) is 3. The molecule has 0 radical (unpaired) electrons. The fraction of sp³-hybridized carbons (Fsp3) is 0.324. The second kappa shape index (κ2) is 21.3. The molecule has 4 aromatic carbocycles. The first kappa shape index (κ1) is 35.6. The first-order valence-corrected chi connectivity index (χ1v) is 15.0. The second-order valence-corrected chi connectivity index (χ2v) is 10.1. The zero-order chi connectivity index (χ0) is 31.2. The zero-order valence-electron chi connectivity index (χ0n) is 26.3. The van der Waals surface area contributed by atoms with Gasteiger partial charge >= 0.3 is 0 Å². The molecule has 0 aliphatic heterocycles. The van der Waals surface area contributed by atoms with E-state index < -0.39 is 0 Å². The van der Waals surface area contributed by atoms with Gasteiger partial charge in [-0.15, -0.1) is 0 Å². The van der Waals surface area contributed by atoms with Crippen molar-refractivity contribution in [3.05, 3.63) is 119 Å². The first-order chi connectivity index (χ1) is 20.3. The third kappa shape index (κ3) is 14.3. The van der Waals surface area contributed by atoms with E-state index in [1.807, 2.05) is 67.6 Å². The number of nitriles is 1. The quantitative estimate of drug-likeness (QED) is 0.159. The summed E-state index contributed by atoms with van der Waals surface area (Å²) in [6.45, 7) is 8.56. The van der Waals surface area contributed by atoms with Crippen molar-refractivity contribution in [3.63, 3.8) is 0 Å². The molecule has 5 heteroatoms. The number of rotatable bonds is 8. The molecule has 0 saturated carbocycles. The summed E-state index contributed by atoms with van der Waals surface area (Å²) < 4.78 is 0. The Kier molecular flexibility index (Phi) is 18.1. The summed E-state index contributed by atoms with van der Waals surface area (Å²) in [5, 5.41) is 11.5. The maximum atomic E-state index is 8.56. The SMILES string of the molecule is CCCCc1ccc(CCCC)c(N)c1.CCc1ccccc1N.CNc1ccccc1C#N.Cc1cccc(N)c1. The normalized spacial score (nSPS) is 9.52. The van der Waals surface area contributed by atoms with Crippen LogP contribution < -0.4 is 22.5 Å². The summed E-state index contributed by atoms with van der Waals surface area (Å²) in [5.74, 6) is 0. The van der Waals surface area contributed by atoms with Crippen LogP contribution in [0.1, 0.15) is 74.3 Å². The molecular weight excluding hydrogens is 514 g/mol. The van der Waals surface area contributed by atoms with Gasteiger partial charge in [0.2, 0.25) is 0 Å². The van der Waals surface area contributed by atoms with E-state index in [0.29, 0.717) is 5.56 Å². The average Bonchev–Trinajstić information content (AvgIpc) is 3.00. The molecule has 7 N–H and O–H groups in total. The van der Waals surface area contributed by atoms with Gasteiger partial charge in [-0.25, -0.2) is 0 Å². The Hall–Kier alpha value is -4.43. The minimum Gasteiger partial charge on any atom is -0.399 e. The van der Waals surface area contributed by atoms with E-state index in [2.05, 4.69) is 56.4 Å². The van der Waals surface area contributed by atoms with Gasteiger partial charge in [-0.3, -0.25) is 0 Å². The van der Waals surface area contributed by atoms with Crippen LogP contribution in [0.25, 0.3) is 0 Å². The van der Waals surface area contributed by atoms with E-state index >= 15 is 0 Å². The Morgan fingerprint density at radius 2 is 1.36 bits per heavy atom. The molecule has 0 saturated heterocycles. The number of nitrogens with one attached hydrogen (secondary N) is 1. The largest absolute Gasteiger partial charge is 0.399 e. The van der Waals surface area contributed by atoms with Gasteiger partial charge in [0.15, 0.2) is 0 Å². The highest BCUT2D eigenvalue weighted by Crippen LogP contribution is 2.18. The molecule has 0 fully saturated rings. The van der Waals surface area contributed by atoms with Crippen LogP contribution in [0.3, 0.4) is 0 Å². The number of nitrogen functional groups attached to an aromatic ring is 3. The predicted molar refractivity (Wildman–Crippen MR) is 185 cm³/mol. The maximum Gasteiger partial charge on any atom is 0.101 e. The van der Waals surface area contributed by atoms with Gasteiger partial charge in [-0.1, -0.05) is 88.2 Å². The van der Waals surface area contributed by atoms with E-state index in [4.69, 9.17) is 22.5 Å². The molecule has 0 aliphatic carbocycles. The maximum absolute atomic E-state index is 8.56. The highest BCUT2D eigenvalue weighted by molar-refractivity contribution is 5.56. The van der Waals surface area contributed by atoms with Crippen LogP contribution in [0.5, 0.6) is 0 Å². The minimum absolute atomic E-state index is 0.685. The molecule has 0 atom stereocenters. The monoisotopic (exact) mass is 565 g/mol. The lowest BCUT2D eigenvalue weighted by Gasteiger charge is -2.07. The lowest BCUT2D eigenvalue weighted by atomic mass is 10.0. The molecule has 5 nitrogen and oxygen atoms in total. The first-order valence-electron chi connectivity index (χ1n) is 15.0. The number of hydrogen-bond donors (Lipinski definition) is 4. The fourth-order valence-electron chi connectivity index (χ4n) is 4.10. The van der Waals surface area contributed by atoms with Gasteiger partial charge in [0.1, 0.15) is 6.07 Å². The van der Waals surface area contributed by atoms with Crippen molar-refractivity contribution in [1.29, 1.82) is 5.26 Å². The molecule has 0 unspecified atom stereocenters. The van der Waals surface area contributed by atoms with E-state index in [0.717, 1.165) is 42.0 Å². The van der Waals surface area contributed by atoms with Crippen molar-refractivity contribution in [2.45, 2.75) is 72.6 Å². The number of hydrogen-bond acceptors (Lipinski definition) is 5. The van der Waals surface area contributed by atoms with Crippen LogP contribution in [0.4, 0.5) is 22.7 Å². The predicted octanol–water partition coefficient (Wildman–Crippen LogP) is 8.96. The standard InChI is InChI=1S/C14H23N.C8H8N2.C8H11N.C7H9N/c1-3-5-7-12-9-10-13(8-6-4-2)14(15)11-12;1-10-8-5-3-2-4-7(8)6-9;1-2-7-5-3-4-6-8(7)9;1-6-3-2-4-7(8)5-6/h9-11H,3-8,15H2,1-2H3;2-5,10H,1H3;3-6H,2,9H2,1H3;2-5H,8H2,1H3. The van der Waals surface area contributed by atoms with Crippen molar-refractivity contribution in [2.24, 2.45) is 0 Å². The van der Waals surface area contributed by atoms with Crippen molar-refractivity contribution >= 4 is 22.7 Å². The van der Waals surface area contributed by atoms with Gasteiger partial charge < -0.3 is 22.5 Å². The van der Waals surface area contributed by atoms with Gasteiger partial charge in [0.05, 0.1) is 11.3 Å². The summed E-state index contributed by atoms with van der Waals surface area (Å²) in [6, 6.07) is 31.8. The molecular formula is C37H51N5. The number of anilines is 4. The third-order valence-electron chi connectivity index (χ3n) is 6.62. The van der Waals surface area contributed by atoms with Gasteiger partial charge in [0, 0.05) is 24.1 Å². The molecule has 4 aromatic rings. The van der Waals surface area contributed by atoms with Crippen molar-refractivity contribution in [1.82, 2.24) is 0 Å². The Bertz CT molecular complexity index is 1320. The molecule has 0 bridgehead atoms. The van der Waals surface area contributed by atoms with E-state index in [9.17, 15) is 0 Å². The fourth-order valence-corrected chi connectivity index (χ4v) is 4.10. The molecule has 4 rings (SSSR count). The average molecular weight is 566 g/mol.